The average Bonchev–Trinajstić information content (AvgIpc) is 2.80. The fraction of sp³-hybridized carbons (Fsp3) is 0.650. The first kappa shape index (κ1) is 19.6. The number of piperidine rings is 1. The molecule has 1 aromatic heterocycles. The molecule has 2 aliphatic rings. The van der Waals surface area contributed by atoms with Crippen molar-refractivity contribution in [2.24, 2.45) is 5.92 Å². The molecule has 27 heavy (non-hydrogen) atoms. The summed E-state index contributed by atoms with van der Waals surface area (Å²) in [6.07, 6.45) is 6.63. The second kappa shape index (κ2) is 7.84. The van der Waals surface area contributed by atoms with Crippen LogP contribution in [0.1, 0.15) is 52.0 Å². The number of amides is 1. The number of pyridine rings is 1. The number of nitrogens with one attached hydrogen (secondary N) is 1. The lowest BCUT2D eigenvalue weighted by Crippen LogP contribution is -2.53. The minimum atomic E-state index is -0.993. The van der Waals surface area contributed by atoms with E-state index in [1.54, 1.807) is 33.2 Å². The van der Waals surface area contributed by atoms with Crippen LogP contribution < -0.4 is 5.32 Å². The summed E-state index contributed by atoms with van der Waals surface area (Å²) in [5, 5.41) is 12.3. The van der Waals surface area contributed by atoms with Crippen LogP contribution in [0.3, 0.4) is 0 Å². The Morgan fingerprint density at radius 1 is 1.26 bits per heavy atom. The molecule has 2 unspecified atom stereocenters. The molecule has 7 heteroatoms. The van der Waals surface area contributed by atoms with Crippen molar-refractivity contribution in [3.8, 4) is 0 Å². The third-order valence-electron chi connectivity index (χ3n) is 5.44. The predicted octanol–water partition coefficient (Wildman–Crippen LogP) is 2.80. The summed E-state index contributed by atoms with van der Waals surface area (Å²) < 4.78 is 5.25. The first-order valence-corrected chi connectivity index (χ1v) is 9.60. The van der Waals surface area contributed by atoms with Crippen molar-refractivity contribution < 1.29 is 19.4 Å². The van der Waals surface area contributed by atoms with Gasteiger partial charge in [0.15, 0.2) is 0 Å². The Kier molecular flexibility index (Phi) is 5.69. The molecule has 2 aliphatic heterocycles. The molecule has 2 N–H and O–H groups in total. The van der Waals surface area contributed by atoms with Gasteiger partial charge in [-0.3, -0.25) is 9.88 Å². The van der Waals surface area contributed by atoms with E-state index in [0.717, 1.165) is 32.2 Å². The van der Waals surface area contributed by atoms with E-state index >= 15 is 0 Å². The molecular formula is C20H29N3O4. The molecule has 1 aromatic rings. The Balaban J connectivity index is 1.64. The van der Waals surface area contributed by atoms with E-state index in [1.807, 2.05) is 12.1 Å². The molecule has 2 bridgehead atoms. The largest absolute Gasteiger partial charge is 0.480 e. The third kappa shape index (κ3) is 4.97. The molecule has 3 atom stereocenters. The second-order valence-corrected chi connectivity index (χ2v) is 8.61. The summed E-state index contributed by atoms with van der Waals surface area (Å²) >= 11 is 0. The maximum absolute atomic E-state index is 12.1. The maximum atomic E-state index is 12.1. The molecule has 0 saturated carbocycles. The number of rotatable bonds is 5. The number of carboxylic acid groups (broad SMARTS) is 1. The van der Waals surface area contributed by atoms with E-state index in [0.29, 0.717) is 12.1 Å². The SMILES string of the molecule is CC(C)(C)OC(=O)N[C@H](C(=O)O)C1CC2CCC(C1)N2Cc1ccncc1. The smallest absolute Gasteiger partial charge is 0.408 e. The lowest BCUT2D eigenvalue weighted by Gasteiger charge is -2.41. The van der Waals surface area contributed by atoms with Gasteiger partial charge in [0.05, 0.1) is 0 Å². The summed E-state index contributed by atoms with van der Waals surface area (Å²) in [6, 6.07) is 3.84. The molecule has 3 rings (SSSR count). The molecule has 0 aromatic carbocycles. The van der Waals surface area contributed by atoms with E-state index in [4.69, 9.17) is 4.74 Å². The highest BCUT2D eigenvalue weighted by Gasteiger charge is 2.45. The fourth-order valence-electron chi connectivity index (χ4n) is 4.36. The van der Waals surface area contributed by atoms with E-state index in [2.05, 4.69) is 15.2 Å². The fourth-order valence-corrected chi connectivity index (χ4v) is 4.36. The van der Waals surface area contributed by atoms with Crippen molar-refractivity contribution in [1.82, 2.24) is 15.2 Å². The molecule has 3 heterocycles. The lowest BCUT2D eigenvalue weighted by molar-refractivity contribution is -0.141. The van der Waals surface area contributed by atoms with E-state index in [-0.39, 0.29) is 5.92 Å². The monoisotopic (exact) mass is 375 g/mol. The Morgan fingerprint density at radius 2 is 1.85 bits per heavy atom. The molecule has 7 nitrogen and oxygen atoms in total. The summed E-state index contributed by atoms with van der Waals surface area (Å²) in [7, 11) is 0. The van der Waals surface area contributed by atoms with Crippen molar-refractivity contribution in [3.05, 3.63) is 30.1 Å². The molecule has 2 saturated heterocycles. The topological polar surface area (TPSA) is 91.8 Å². The zero-order chi connectivity index (χ0) is 19.6. The molecule has 1 amide bonds. The average molecular weight is 375 g/mol. The summed E-state index contributed by atoms with van der Waals surface area (Å²) in [5.41, 5.74) is 0.571. The summed E-state index contributed by atoms with van der Waals surface area (Å²) in [6.45, 7) is 6.16. The van der Waals surface area contributed by atoms with Crippen LogP contribution >= 0.6 is 0 Å². The zero-order valence-electron chi connectivity index (χ0n) is 16.2. The Hall–Kier alpha value is -2.15. The van der Waals surface area contributed by atoms with Gasteiger partial charge in [0.1, 0.15) is 11.6 Å². The van der Waals surface area contributed by atoms with Gasteiger partial charge < -0.3 is 15.2 Å². The Morgan fingerprint density at radius 3 is 2.37 bits per heavy atom. The molecule has 0 aliphatic carbocycles. The van der Waals surface area contributed by atoms with Gasteiger partial charge in [0, 0.05) is 31.0 Å². The van der Waals surface area contributed by atoms with Crippen LogP contribution in [0.25, 0.3) is 0 Å². The van der Waals surface area contributed by atoms with E-state index in [1.165, 1.54) is 5.56 Å². The number of carbonyl (C=O) groups is 2. The van der Waals surface area contributed by atoms with Crippen LogP contribution in [-0.4, -0.2) is 50.8 Å². The van der Waals surface area contributed by atoms with Gasteiger partial charge in [-0.15, -0.1) is 0 Å². The number of ether oxygens (including phenoxy) is 1. The number of aliphatic carboxylic acids is 1. The number of hydrogen-bond acceptors (Lipinski definition) is 5. The Bertz CT molecular complexity index is 660. The minimum Gasteiger partial charge on any atom is -0.480 e. The normalized spacial score (nSPS) is 26.4. The maximum Gasteiger partial charge on any atom is 0.408 e. The number of carbonyl (C=O) groups excluding carboxylic acids is 1. The molecule has 148 valence electrons. The number of carboxylic acids is 1. The molecule has 0 radical (unpaired) electrons. The first-order valence-electron chi connectivity index (χ1n) is 9.60. The van der Waals surface area contributed by atoms with Gasteiger partial charge in [-0.05, 0) is 70.1 Å². The third-order valence-corrected chi connectivity index (χ3v) is 5.44. The van der Waals surface area contributed by atoms with Crippen LogP contribution in [0.5, 0.6) is 0 Å². The molecular weight excluding hydrogens is 346 g/mol. The summed E-state index contributed by atoms with van der Waals surface area (Å²) in [5.74, 6) is -1.07. The van der Waals surface area contributed by atoms with Crippen molar-refractivity contribution >= 4 is 12.1 Å². The van der Waals surface area contributed by atoms with Crippen LogP contribution in [0.2, 0.25) is 0 Å². The highest BCUT2D eigenvalue weighted by molar-refractivity contribution is 5.80. The highest BCUT2D eigenvalue weighted by atomic mass is 16.6. The standard InChI is InChI=1S/C20H29N3O4/c1-20(2,3)27-19(26)22-17(18(24)25)14-10-15-4-5-16(11-14)23(15)12-13-6-8-21-9-7-13/h6-9,14-17H,4-5,10-12H2,1-3H3,(H,22,26)(H,24,25)/t14?,15?,16?,17-/m0/s1. The zero-order valence-corrected chi connectivity index (χ0v) is 16.2. The quantitative estimate of drug-likeness (QED) is 0.822. The molecule has 2 fully saturated rings. The predicted molar refractivity (Wildman–Crippen MR) is 100 cm³/mol. The number of aromatic nitrogens is 1. The second-order valence-electron chi connectivity index (χ2n) is 8.61. The van der Waals surface area contributed by atoms with E-state index in [9.17, 15) is 14.7 Å². The van der Waals surface area contributed by atoms with Crippen LogP contribution in [0, 0.1) is 5.92 Å². The minimum absolute atomic E-state index is 0.0822. The highest BCUT2D eigenvalue weighted by Crippen LogP contribution is 2.40. The molecule has 0 spiro atoms. The van der Waals surface area contributed by atoms with Crippen molar-refractivity contribution in [3.63, 3.8) is 0 Å². The first-order chi connectivity index (χ1) is 12.7. The number of nitrogens with zero attached hydrogens (tertiary/aromatic N) is 2. The van der Waals surface area contributed by atoms with Gasteiger partial charge in [-0.1, -0.05) is 0 Å². The van der Waals surface area contributed by atoms with Crippen LogP contribution in [-0.2, 0) is 16.1 Å². The van der Waals surface area contributed by atoms with Gasteiger partial charge in [0.25, 0.3) is 0 Å². The lowest BCUT2D eigenvalue weighted by atomic mass is 9.84. The summed E-state index contributed by atoms with van der Waals surface area (Å²) in [4.78, 5) is 30.5. The van der Waals surface area contributed by atoms with E-state index < -0.39 is 23.7 Å². The van der Waals surface area contributed by atoms with Gasteiger partial charge in [0.2, 0.25) is 0 Å². The number of fused-ring (bicyclic) bond motifs is 2. The van der Waals surface area contributed by atoms with Gasteiger partial charge in [-0.2, -0.15) is 0 Å². The van der Waals surface area contributed by atoms with Gasteiger partial charge >= 0.3 is 12.1 Å². The van der Waals surface area contributed by atoms with Gasteiger partial charge in [-0.25, -0.2) is 9.59 Å². The number of alkyl carbamates (subject to hydrolysis) is 1. The van der Waals surface area contributed by atoms with Crippen molar-refractivity contribution in [2.75, 3.05) is 0 Å². The van der Waals surface area contributed by atoms with Crippen molar-refractivity contribution in [2.45, 2.75) is 76.7 Å². The Labute approximate surface area is 160 Å². The van der Waals surface area contributed by atoms with Crippen molar-refractivity contribution in [1.29, 1.82) is 0 Å². The number of hydrogen-bond donors (Lipinski definition) is 2. The van der Waals surface area contributed by atoms with Crippen LogP contribution in [0.4, 0.5) is 4.79 Å². The van der Waals surface area contributed by atoms with Crippen LogP contribution in [0.15, 0.2) is 24.5 Å².